The molecule has 0 bridgehead atoms. The van der Waals surface area contributed by atoms with Crippen LogP contribution in [0.2, 0.25) is 0 Å². The molecule has 2 aliphatic heterocycles. The Balaban J connectivity index is 1.63. The summed E-state index contributed by atoms with van der Waals surface area (Å²) in [7, 11) is 0. The number of amides is 1. The minimum atomic E-state index is 0.143. The van der Waals surface area contributed by atoms with E-state index in [2.05, 4.69) is 28.9 Å². The second kappa shape index (κ2) is 7.64. The maximum atomic E-state index is 12.3. The average Bonchev–Trinajstić information content (AvgIpc) is 2.98. The third-order valence-corrected chi connectivity index (χ3v) is 5.37. The number of aryl methyl sites for hydroxylation is 1. The van der Waals surface area contributed by atoms with E-state index in [-0.39, 0.29) is 12.0 Å². The maximum Gasteiger partial charge on any atom is 0.232 e. The number of morpholine rings is 1. The van der Waals surface area contributed by atoms with Gasteiger partial charge in [-0.15, -0.1) is 0 Å². The van der Waals surface area contributed by atoms with Crippen molar-refractivity contribution in [3.05, 3.63) is 29.6 Å². The van der Waals surface area contributed by atoms with Gasteiger partial charge in [0.25, 0.3) is 0 Å². The highest BCUT2D eigenvalue weighted by Crippen LogP contribution is 2.25. The van der Waals surface area contributed by atoms with Crippen molar-refractivity contribution in [3.8, 4) is 0 Å². The van der Waals surface area contributed by atoms with E-state index in [1.807, 2.05) is 17.9 Å². The minimum Gasteiger partial charge on any atom is -0.373 e. The van der Waals surface area contributed by atoms with Crippen molar-refractivity contribution in [1.82, 2.24) is 14.8 Å². The van der Waals surface area contributed by atoms with Gasteiger partial charge in [-0.25, -0.2) is 0 Å². The van der Waals surface area contributed by atoms with Gasteiger partial charge >= 0.3 is 0 Å². The van der Waals surface area contributed by atoms with Crippen LogP contribution >= 0.6 is 11.8 Å². The molecule has 2 saturated heterocycles. The molecule has 0 radical (unpaired) electrons. The van der Waals surface area contributed by atoms with E-state index >= 15 is 0 Å². The molecule has 3 heterocycles. The van der Waals surface area contributed by atoms with Crippen LogP contribution in [0.4, 0.5) is 0 Å². The normalized spacial score (nSPS) is 24.7. The fourth-order valence-corrected chi connectivity index (χ4v) is 3.90. The van der Waals surface area contributed by atoms with Crippen molar-refractivity contribution in [2.75, 3.05) is 37.7 Å². The largest absolute Gasteiger partial charge is 0.373 e. The van der Waals surface area contributed by atoms with E-state index in [1.165, 1.54) is 0 Å². The first-order valence-corrected chi connectivity index (χ1v) is 9.46. The molecule has 1 aromatic heterocycles. The van der Waals surface area contributed by atoms with Gasteiger partial charge in [-0.2, -0.15) is 11.8 Å². The summed E-state index contributed by atoms with van der Waals surface area (Å²) in [4.78, 5) is 21.3. The van der Waals surface area contributed by atoms with Gasteiger partial charge in [-0.3, -0.25) is 14.7 Å². The van der Waals surface area contributed by atoms with Gasteiger partial charge in [0.05, 0.1) is 30.2 Å². The number of carbonyl (C=O) groups excluding carboxylic acids is 1. The first-order chi connectivity index (χ1) is 11.2. The van der Waals surface area contributed by atoms with Crippen molar-refractivity contribution < 1.29 is 9.53 Å². The number of rotatable bonds is 5. The lowest BCUT2D eigenvalue weighted by atomic mass is 10.1. The number of pyridine rings is 1. The number of hydrogen-bond donors (Lipinski definition) is 0. The van der Waals surface area contributed by atoms with Crippen molar-refractivity contribution >= 4 is 17.7 Å². The molecule has 0 saturated carbocycles. The summed E-state index contributed by atoms with van der Waals surface area (Å²) in [5, 5.41) is 0. The van der Waals surface area contributed by atoms with Gasteiger partial charge in [-0.1, -0.05) is 13.0 Å². The number of aromatic nitrogens is 1. The Kier molecular flexibility index (Phi) is 5.56. The Labute approximate surface area is 142 Å². The Hall–Kier alpha value is -1.11. The van der Waals surface area contributed by atoms with Crippen LogP contribution < -0.4 is 0 Å². The average molecular weight is 335 g/mol. The minimum absolute atomic E-state index is 0.143. The van der Waals surface area contributed by atoms with Gasteiger partial charge < -0.3 is 9.64 Å². The number of ether oxygens (including phenoxy) is 1. The van der Waals surface area contributed by atoms with Crippen LogP contribution in [0.3, 0.4) is 0 Å². The monoisotopic (exact) mass is 335 g/mol. The molecule has 0 unspecified atom stereocenters. The van der Waals surface area contributed by atoms with Crippen LogP contribution in [0.15, 0.2) is 18.2 Å². The molecule has 23 heavy (non-hydrogen) atoms. The van der Waals surface area contributed by atoms with Gasteiger partial charge in [0, 0.05) is 31.9 Å². The number of carbonyl (C=O) groups is 1. The van der Waals surface area contributed by atoms with E-state index in [1.54, 1.807) is 11.8 Å². The molecule has 6 heteroatoms. The molecule has 0 aliphatic carbocycles. The first-order valence-electron chi connectivity index (χ1n) is 8.31. The van der Waals surface area contributed by atoms with Crippen molar-refractivity contribution in [2.24, 2.45) is 0 Å². The van der Waals surface area contributed by atoms with Crippen LogP contribution in [-0.4, -0.2) is 70.6 Å². The highest BCUT2D eigenvalue weighted by atomic mass is 32.2. The molecule has 3 rings (SSSR count). The van der Waals surface area contributed by atoms with Crippen LogP contribution in [0.5, 0.6) is 0 Å². The number of nitrogens with zero attached hydrogens (tertiary/aromatic N) is 3. The SMILES string of the molecule is CCSCC(=O)N1C[C@@H]2OCCN(Cc3cccc(C)n3)[C@H]2C1. The molecule has 2 fully saturated rings. The zero-order chi connectivity index (χ0) is 16.2. The molecule has 0 aromatic carbocycles. The van der Waals surface area contributed by atoms with Crippen molar-refractivity contribution in [2.45, 2.75) is 32.5 Å². The number of likely N-dealkylation sites (tertiary alicyclic amines) is 1. The molecule has 2 aliphatic rings. The molecule has 1 aromatic rings. The topological polar surface area (TPSA) is 45.7 Å². The zero-order valence-corrected chi connectivity index (χ0v) is 14.7. The Morgan fingerprint density at radius 2 is 2.30 bits per heavy atom. The van der Waals surface area contributed by atoms with E-state index in [0.29, 0.717) is 11.8 Å². The number of hydrogen-bond acceptors (Lipinski definition) is 5. The third kappa shape index (κ3) is 4.05. The van der Waals surface area contributed by atoms with Crippen LogP contribution in [0.1, 0.15) is 18.3 Å². The Morgan fingerprint density at radius 3 is 3.09 bits per heavy atom. The number of fused-ring (bicyclic) bond motifs is 1. The van der Waals surface area contributed by atoms with Gasteiger partial charge in [0.2, 0.25) is 5.91 Å². The summed E-state index contributed by atoms with van der Waals surface area (Å²) in [5.74, 6) is 1.80. The van der Waals surface area contributed by atoms with E-state index in [0.717, 1.165) is 49.9 Å². The van der Waals surface area contributed by atoms with Crippen LogP contribution in [0.25, 0.3) is 0 Å². The standard InChI is InChI=1S/C17H25N3O2S/c1-3-23-12-17(21)20-10-15-16(11-20)22-8-7-19(15)9-14-6-4-5-13(2)18-14/h4-6,15-16H,3,7-12H2,1-2H3/t15-,16-/m0/s1. The van der Waals surface area contributed by atoms with Gasteiger partial charge in [0.15, 0.2) is 0 Å². The lowest BCUT2D eigenvalue weighted by molar-refractivity contribution is -0.127. The second-order valence-corrected chi connectivity index (χ2v) is 7.43. The molecular formula is C17H25N3O2S. The molecule has 0 spiro atoms. The van der Waals surface area contributed by atoms with Crippen LogP contribution in [0, 0.1) is 6.92 Å². The molecule has 2 atom stereocenters. The van der Waals surface area contributed by atoms with Crippen molar-refractivity contribution in [1.29, 1.82) is 0 Å². The van der Waals surface area contributed by atoms with Gasteiger partial charge in [-0.05, 0) is 24.8 Å². The molecular weight excluding hydrogens is 310 g/mol. The summed E-state index contributed by atoms with van der Waals surface area (Å²) in [6, 6.07) is 6.45. The summed E-state index contributed by atoms with van der Waals surface area (Å²) < 4.78 is 5.92. The lowest BCUT2D eigenvalue weighted by Crippen LogP contribution is -2.50. The van der Waals surface area contributed by atoms with E-state index in [4.69, 9.17) is 4.74 Å². The highest BCUT2D eigenvalue weighted by molar-refractivity contribution is 7.99. The summed E-state index contributed by atoms with van der Waals surface area (Å²) >= 11 is 1.69. The lowest BCUT2D eigenvalue weighted by Gasteiger charge is -2.36. The Morgan fingerprint density at radius 1 is 1.43 bits per heavy atom. The summed E-state index contributed by atoms with van der Waals surface area (Å²) in [6.07, 6.45) is 0.143. The quantitative estimate of drug-likeness (QED) is 0.817. The van der Waals surface area contributed by atoms with Gasteiger partial charge in [0.1, 0.15) is 0 Å². The molecule has 0 N–H and O–H groups in total. The maximum absolute atomic E-state index is 12.3. The first kappa shape index (κ1) is 16.7. The number of thioether (sulfide) groups is 1. The third-order valence-electron chi connectivity index (χ3n) is 4.51. The fraction of sp³-hybridized carbons (Fsp3) is 0.647. The summed E-state index contributed by atoms with van der Waals surface area (Å²) in [6.45, 7) is 8.08. The van der Waals surface area contributed by atoms with E-state index < -0.39 is 0 Å². The predicted molar refractivity (Wildman–Crippen MR) is 92.5 cm³/mol. The van der Waals surface area contributed by atoms with E-state index in [9.17, 15) is 4.79 Å². The van der Waals surface area contributed by atoms with Crippen LogP contribution in [-0.2, 0) is 16.1 Å². The zero-order valence-electron chi connectivity index (χ0n) is 13.9. The van der Waals surface area contributed by atoms with Crippen molar-refractivity contribution in [3.63, 3.8) is 0 Å². The molecule has 1 amide bonds. The smallest absolute Gasteiger partial charge is 0.232 e. The molecule has 126 valence electrons. The molecule has 5 nitrogen and oxygen atoms in total. The fourth-order valence-electron chi connectivity index (χ4n) is 3.33. The predicted octanol–water partition coefficient (Wildman–Crippen LogP) is 1.55. The summed E-state index contributed by atoms with van der Waals surface area (Å²) in [5.41, 5.74) is 2.14. The Bertz CT molecular complexity index is 554. The second-order valence-electron chi connectivity index (χ2n) is 6.15. The highest BCUT2D eigenvalue weighted by Gasteiger charge is 2.41.